The van der Waals surface area contributed by atoms with Crippen LogP contribution in [0.4, 0.5) is 0 Å². The molecule has 1 N–H and O–H groups in total. The molecule has 1 aliphatic heterocycles. The van der Waals surface area contributed by atoms with Crippen molar-refractivity contribution in [3.8, 4) is 0 Å². The lowest BCUT2D eigenvalue weighted by Gasteiger charge is -2.39. The standard InChI is InChI=1S/C19H27NO/c1-19(2)11-9-16(14-5-3-4-6-15(14)19)20-17-10-12-21-18(17)13-7-8-13/h3-6,13,16-18,20H,7-12H2,1-2H3. The summed E-state index contributed by atoms with van der Waals surface area (Å²) in [5.74, 6) is 0.834. The average molecular weight is 285 g/mol. The van der Waals surface area contributed by atoms with E-state index in [9.17, 15) is 0 Å². The third-order valence-corrected chi connectivity index (χ3v) is 5.76. The first-order chi connectivity index (χ1) is 10.1. The van der Waals surface area contributed by atoms with Crippen LogP contribution in [0.2, 0.25) is 0 Å². The number of fused-ring (bicyclic) bond motifs is 1. The second-order valence-corrected chi connectivity index (χ2v) is 7.80. The van der Waals surface area contributed by atoms with Crippen LogP contribution in [-0.2, 0) is 10.2 Å². The fourth-order valence-electron chi connectivity index (χ4n) is 4.32. The summed E-state index contributed by atoms with van der Waals surface area (Å²) < 4.78 is 6.00. The molecule has 1 saturated heterocycles. The zero-order chi connectivity index (χ0) is 14.4. The smallest absolute Gasteiger partial charge is 0.0757 e. The zero-order valence-corrected chi connectivity index (χ0v) is 13.3. The molecule has 3 unspecified atom stereocenters. The largest absolute Gasteiger partial charge is 0.376 e. The van der Waals surface area contributed by atoms with Crippen LogP contribution >= 0.6 is 0 Å². The van der Waals surface area contributed by atoms with Crippen LogP contribution < -0.4 is 5.32 Å². The summed E-state index contributed by atoms with van der Waals surface area (Å²) in [7, 11) is 0. The lowest BCUT2D eigenvalue weighted by atomic mass is 9.71. The number of benzene rings is 1. The van der Waals surface area contributed by atoms with Crippen LogP contribution in [0.5, 0.6) is 0 Å². The van der Waals surface area contributed by atoms with Gasteiger partial charge >= 0.3 is 0 Å². The molecule has 4 rings (SSSR count). The fraction of sp³-hybridized carbons (Fsp3) is 0.684. The van der Waals surface area contributed by atoms with Gasteiger partial charge in [-0.1, -0.05) is 38.1 Å². The first-order valence-electron chi connectivity index (χ1n) is 8.62. The zero-order valence-electron chi connectivity index (χ0n) is 13.3. The van der Waals surface area contributed by atoms with Gasteiger partial charge in [0.15, 0.2) is 0 Å². The minimum atomic E-state index is 0.316. The van der Waals surface area contributed by atoms with E-state index in [1.54, 1.807) is 0 Å². The van der Waals surface area contributed by atoms with Crippen molar-refractivity contribution in [2.24, 2.45) is 5.92 Å². The van der Waals surface area contributed by atoms with Crippen LogP contribution in [-0.4, -0.2) is 18.8 Å². The molecule has 3 aliphatic rings. The topological polar surface area (TPSA) is 21.3 Å². The Labute approximate surface area is 128 Å². The maximum atomic E-state index is 6.00. The normalized spacial score (nSPS) is 34.7. The molecule has 0 spiro atoms. The summed E-state index contributed by atoms with van der Waals surface area (Å²) in [6.45, 7) is 5.71. The summed E-state index contributed by atoms with van der Waals surface area (Å²) in [4.78, 5) is 0. The van der Waals surface area contributed by atoms with E-state index in [4.69, 9.17) is 4.74 Å². The molecule has 1 aromatic rings. The molecule has 2 nitrogen and oxygen atoms in total. The maximum absolute atomic E-state index is 6.00. The summed E-state index contributed by atoms with van der Waals surface area (Å²) in [6.07, 6.45) is 6.92. The van der Waals surface area contributed by atoms with Crippen molar-refractivity contribution < 1.29 is 4.74 Å². The Hall–Kier alpha value is -0.860. The highest BCUT2D eigenvalue weighted by atomic mass is 16.5. The van der Waals surface area contributed by atoms with E-state index in [0.29, 0.717) is 23.6 Å². The second-order valence-electron chi connectivity index (χ2n) is 7.80. The quantitative estimate of drug-likeness (QED) is 0.907. The predicted octanol–water partition coefficient (Wildman–Crippen LogP) is 3.96. The highest BCUT2D eigenvalue weighted by Gasteiger charge is 2.42. The van der Waals surface area contributed by atoms with Gasteiger partial charge in [0, 0.05) is 18.7 Å². The van der Waals surface area contributed by atoms with E-state index in [1.165, 1.54) is 43.2 Å². The van der Waals surface area contributed by atoms with E-state index in [-0.39, 0.29) is 0 Å². The van der Waals surface area contributed by atoms with Crippen LogP contribution in [0.1, 0.15) is 63.1 Å². The highest BCUT2D eigenvalue weighted by Crippen LogP contribution is 2.43. The van der Waals surface area contributed by atoms with Gasteiger partial charge in [-0.25, -0.2) is 0 Å². The van der Waals surface area contributed by atoms with E-state index < -0.39 is 0 Å². The van der Waals surface area contributed by atoms with E-state index in [0.717, 1.165) is 12.5 Å². The Morgan fingerprint density at radius 1 is 1.10 bits per heavy atom. The van der Waals surface area contributed by atoms with Gasteiger partial charge < -0.3 is 10.1 Å². The summed E-state index contributed by atoms with van der Waals surface area (Å²) in [6, 6.07) is 10.1. The molecule has 3 atom stereocenters. The van der Waals surface area contributed by atoms with Gasteiger partial charge in [0.25, 0.3) is 0 Å². The second kappa shape index (κ2) is 5.10. The average Bonchev–Trinajstić information content (AvgIpc) is 3.22. The SMILES string of the molecule is CC1(C)CCC(NC2CCOC2C2CC2)c2ccccc21. The van der Waals surface area contributed by atoms with Crippen molar-refractivity contribution in [3.63, 3.8) is 0 Å². The van der Waals surface area contributed by atoms with Crippen molar-refractivity contribution in [3.05, 3.63) is 35.4 Å². The first-order valence-corrected chi connectivity index (χ1v) is 8.62. The number of nitrogens with one attached hydrogen (secondary N) is 1. The predicted molar refractivity (Wildman–Crippen MR) is 85.4 cm³/mol. The molecule has 2 heteroatoms. The summed E-state index contributed by atoms with van der Waals surface area (Å²) in [5, 5.41) is 3.96. The van der Waals surface area contributed by atoms with Crippen molar-refractivity contribution in [2.45, 2.75) is 69.6 Å². The summed E-state index contributed by atoms with van der Waals surface area (Å²) in [5.41, 5.74) is 3.38. The van der Waals surface area contributed by atoms with Gasteiger partial charge in [0.2, 0.25) is 0 Å². The molecule has 1 heterocycles. The minimum absolute atomic E-state index is 0.316. The number of hydrogen-bond donors (Lipinski definition) is 1. The first kappa shape index (κ1) is 13.8. The highest BCUT2D eigenvalue weighted by molar-refractivity contribution is 5.38. The maximum Gasteiger partial charge on any atom is 0.0757 e. The summed E-state index contributed by atoms with van der Waals surface area (Å²) >= 11 is 0. The Morgan fingerprint density at radius 2 is 1.90 bits per heavy atom. The molecule has 114 valence electrons. The third-order valence-electron chi connectivity index (χ3n) is 5.76. The van der Waals surface area contributed by atoms with Gasteiger partial charge in [0.05, 0.1) is 6.10 Å². The molecular formula is C19H27NO. The van der Waals surface area contributed by atoms with Crippen LogP contribution in [0, 0.1) is 5.92 Å². The van der Waals surface area contributed by atoms with Gasteiger partial charge in [-0.3, -0.25) is 0 Å². The molecule has 21 heavy (non-hydrogen) atoms. The van der Waals surface area contributed by atoms with Gasteiger partial charge in [-0.2, -0.15) is 0 Å². The van der Waals surface area contributed by atoms with Crippen LogP contribution in [0.15, 0.2) is 24.3 Å². The number of ether oxygens (including phenoxy) is 1. The van der Waals surface area contributed by atoms with E-state index in [1.807, 2.05) is 0 Å². The van der Waals surface area contributed by atoms with Crippen molar-refractivity contribution in [2.75, 3.05) is 6.61 Å². The van der Waals surface area contributed by atoms with Crippen LogP contribution in [0.25, 0.3) is 0 Å². The monoisotopic (exact) mass is 285 g/mol. The van der Waals surface area contributed by atoms with E-state index >= 15 is 0 Å². The van der Waals surface area contributed by atoms with Gasteiger partial charge in [-0.05, 0) is 54.6 Å². The van der Waals surface area contributed by atoms with E-state index in [2.05, 4.69) is 43.4 Å². The Bertz CT molecular complexity index is 520. The molecule has 0 radical (unpaired) electrons. The molecular weight excluding hydrogens is 258 g/mol. The Morgan fingerprint density at radius 3 is 2.71 bits per heavy atom. The molecule has 2 aliphatic carbocycles. The Balaban J connectivity index is 1.56. The van der Waals surface area contributed by atoms with Crippen molar-refractivity contribution in [1.29, 1.82) is 0 Å². The molecule has 1 saturated carbocycles. The minimum Gasteiger partial charge on any atom is -0.376 e. The van der Waals surface area contributed by atoms with Crippen molar-refractivity contribution in [1.82, 2.24) is 5.32 Å². The Kier molecular flexibility index (Phi) is 3.35. The van der Waals surface area contributed by atoms with Crippen molar-refractivity contribution >= 4 is 0 Å². The molecule has 2 fully saturated rings. The third kappa shape index (κ3) is 2.53. The lowest BCUT2D eigenvalue weighted by molar-refractivity contribution is 0.0779. The number of rotatable bonds is 3. The molecule has 0 bridgehead atoms. The van der Waals surface area contributed by atoms with Crippen LogP contribution in [0.3, 0.4) is 0 Å². The lowest BCUT2D eigenvalue weighted by Crippen LogP contribution is -2.42. The van der Waals surface area contributed by atoms with Gasteiger partial charge in [0.1, 0.15) is 0 Å². The molecule has 0 amide bonds. The van der Waals surface area contributed by atoms with Gasteiger partial charge in [-0.15, -0.1) is 0 Å². The fourth-order valence-corrected chi connectivity index (χ4v) is 4.32. The number of hydrogen-bond acceptors (Lipinski definition) is 2. The molecule has 0 aromatic heterocycles. The molecule has 1 aromatic carbocycles.